The summed E-state index contributed by atoms with van der Waals surface area (Å²) in [5, 5.41) is 20.0. The molecule has 4 aromatic rings. The van der Waals surface area contributed by atoms with Crippen molar-refractivity contribution in [3.05, 3.63) is 125 Å². The number of hydrogen-bond donors (Lipinski definition) is 4. The summed E-state index contributed by atoms with van der Waals surface area (Å²) in [6.07, 6.45) is 2.37. The lowest BCUT2D eigenvalue weighted by Gasteiger charge is -2.28. The number of halogens is 3. The highest BCUT2D eigenvalue weighted by molar-refractivity contribution is 5.95. The van der Waals surface area contributed by atoms with E-state index in [1.807, 2.05) is 65.6 Å². The third-order valence-electron chi connectivity index (χ3n) is 9.44. The number of aliphatic carboxylic acids is 1. The molecule has 0 saturated heterocycles. The maximum absolute atomic E-state index is 13.5. The van der Waals surface area contributed by atoms with Gasteiger partial charge >= 0.3 is 12.1 Å². The molecule has 2 unspecified atom stereocenters. The first-order chi connectivity index (χ1) is 25.4. The van der Waals surface area contributed by atoms with Gasteiger partial charge in [-0.2, -0.15) is 13.2 Å². The van der Waals surface area contributed by atoms with Crippen molar-refractivity contribution >= 4 is 17.8 Å². The molecule has 2 amide bonds. The number of carboxylic acid groups (broad SMARTS) is 1. The maximum Gasteiger partial charge on any atom is 0.490 e. The van der Waals surface area contributed by atoms with Crippen LogP contribution in [0.2, 0.25) is 0 Å². The molecule has 282 valence electrons. The van der Waals surface area contributed by atoms with E-state index in [1.54, 1.807) is 12.1 Å². The lowest BCUT2D eigenvalue weighted by atomic mass is 9.81. The average Bonchev–Trinajstić information content (AvgIpc) is 3.16. The van der Waals surface area contributed by atoms with Gasteiger partial charge in [-0.1, -0.05) is 79.2 Å². The number of nitrogens with zero attached hydrogens (tertiary/aromatic N) is 1. The first kappa shape index (κ1) is 40.6. The van der Waals surface area contributed by atoms with E-state index in [-0.39, 0.29) is 17.6 Å². The van der Waals surface area contributed by atoms with Crippen molar-refractivity contribution in [3.8, 4) is 16.9 Å². The minimum atomic E-state index is -5.08. The number of phenols is 1. The number of hydrogen-bond acceptors (Lipinski definition) is 5. The van der Waals surface area contributed by atoms with Gasteiger partial charge in [0.2, 0.25) is 5.91 Å². The molecule has 4 aromatic carbocycles. The molecule has 5 rings (SSSR count). The molecule has 11 heteroatoms. The predicted octanol–water partition coefficient (Wildman–Crippen LogP) is 7.78. The molecule has 1 aliphatic carbocycles. The molecular weight excluding hydrogens is 683 g/mol. The van der Waals surface area contributed by atoms with Crippen LogP contribution < -0.4 is 11.1 Å². The van der Waals surface area contributed by atoms with Crippen molar-refractivity contribution in [2.24, 2.45) is 17.6 Å². The second-order valence-electron chi connectivity index (χ2n) is 13.5. The van der Waals surface area contributed by atoms with Gasteiger partial charge in [-0.25, -0.2) is 4.79 Å². The smallest absolute Gasteiger partial charge is 0.490 e. The molecule has 0 heterocycles. The first-order valence-electron chi connectivity index (χ1n) is 18.0. The molecule has 0 radical (unpaired) electrons. The Bertz CT molecular complexity index is 1770. The van der Waals surface area contributed by atoms with Crippen LogP contribution in [0.15, 0.2) is 103 Å². The molecule has 0 spiro atoms. The summed E-state index contributed by atoms with van der Waals surface area (Å²) in [6.45, 7) is 2.50. The fourth-order valence-electron chi connectivity index (χ4n) is 6.52. The summed E-state index contributed by atoms with van der Waals surface area (Å²) in [6, 6.07) is 33.5. The number of rotatable bonds is 14. The molecule has 0 aliphatic heterocycles. The normalized spacial score (nSPS) is 15.5. The monoisotopic (exact) mass is 731 g/mol. The standard InChI is InChI=1S/C40H47N3O3.C2HF3O2/c41-27-32-11-4-12-33(24-32)28-42-40(46)37-16-7-15-36(26-37)35-14-5-13-34(25-35)29-43(23-22-31-18-20-38(44)21-19-31)39(45)17-6-10-30-8-2-1-3-9-30;3-2(4,5)1(6)7/h1-3,5,7-9,13-16,18-21,25-26,32-33,44H,4,6,10-12,17,22-24,27-29,41H2,(H,42,46);(H,6,7). The Morgan fingerprint density at radius 2 is 1.42 bits per heavy atom. The van der Waals surface area contributed by atoms with E-state index in [9.17, 15) is 27.9 Å². The third-order valence-corrected chi connectivity index (χ3v) is 9.44. The van der Waals surface area contributed by atoms with Gasteiger partial charge in [0.25, 0.3) is 5.91 Å². The molecule has 0 bridgehead atoms. The van der Waals surface area contributed by atoms with E-state index < -0.39 is 12.1 Å². The maximum atomic E-state index is 13.5. The Balaban J connectivity index is 0.000000815. The highest BCUT2D eigenvalue weighted by Crippen LogP contribution is 2.28. The third kappa shape index (κ3) is 13.7. The van der Waals surface area contributed by atoms with Gasteiger partial charge in [-0.3, -0.25) is 9.59 Å². The quantitative estimate of drug-likeness (QED) is 0.105. The zero-order valence-electron chi connectivity index (χ0n) is 29.7. The summed E-state index contributed by atoms with van der Waals surface area (Å²) in [7, 11) is 0. The van der Waals surface area contributed by atoms with Crippen molar-refractivity contribution in [2.45, 2.75) is 64.1 Å². The van der Waals surface area contributed by atoms with Crippen LogP contribution in [0.5, 0.6) is 5.75 Å². The number of aromatic hydroxyl groups is 1. The van der Waals surface area contributed by atoms with Crippen molar-refractivity contribution in [1.82, 2.24) is 10.2 Å². The van der Waals surface area contributed by atoms with E-state index >= 15 is 0 Å². The SMILES string of the molecule is NCC1CCCC(CNC(=O)c2cccc(-c3cccc(CN(CCc4ccc(O)cc4)C(=O)CCCc4ccccc4)c3)c2)C1.O=C(O)C(F)(F)F. The zero-order chi connectivity index (χ0) is 38.2. The molecule has 2 atom stereocenters. The lowest BCUT2D eigenvalue weighted by molar-refractivity contribution is -0.192. The Morgan fingerprint density at radius 1 is 0.792 bits per heavy atom. The van der Waals surface area contributed by atoms with Gasteiger partial charge in [-0.15, -0.1) is 0 Å². The van der Waals surface area contributed by atoms with Crippen molar-refractivity contribution in [3.63, 3.8) is 0 Å². The lowest BCUT2D eigenvalue weighted by Crippen LogP contribution is -2.33. The number of carbonyl (C=O) groups excluding carboxylic acids is 2. The van der Waals surface area contributed by atoms with Crippen LogP contribution in [-0.4, -0.2) is 58.7 Å². The number of carboxylic acids is 1. The fourth-order valence-corrected chi connectivity index (χ4v) is 6.52. The molecular formula is C42H48F3N3O5. The van der Waals surface area contributed by atoms with Crippen molar-refractivity contribution < 1.29 is 37.8 Å². The second kappa shape index (κ2) is 20.2. The number of benzene rings is 4. The van der Waals surface area contributed by atoms with Gasteiger partial charge < -0.3 is 26.2 Å². The summed E-state index contributed by atoms with van der Waals surface area (Å²) in [4.78, 5) is 37.5. The van der Waals surface area contributed by atoms with Gasteiger partial charge in [0, 0.05) is 31.6 Å². The minimum absolute atomic E-state index is 0.0469. The van der Waals surface area contributed by atoms with E-state index in [0.717, 1.165) is 54.5 Å². The Kier molecular flexibility index (Phi) is 15.5. The topological polar surface area (TPSA) is 133 Å². The first-order valence-corrected chi connectivity index (χ1v) is 18.0. The van der Waals surface area contributed by atoms with Gasteiger partial charge in [0.1, 0.15) is 5.75 Å². The summed E-state index contributed by atoms with van der Waals surface area (Å²) >= 11 is 0. The van der Waals surface area contributed by atoms with Crippen molar-refractivity contribution in [2.75, 3.05) is 19.6 Å². The minimum Gasteiger partial charge on any atom is -0.508 e. The largest absolute Gasteiger partial charge is 0.508 e. The van der Waals surface area contributed by atoms with Gasteiger partial charge in [0.15, 0.2) is 0 Å². The summed E-state index contributed by atoms with van der Waals surface area (Å²) in [5.41, 5.74) is 11.9. The Labute approximate surface area is 308 Å². The summed E-state index contributed by atoms with van der Waals surface area (Å²) in [5.74, 6) is -1.37. The highest BCUT2D eigenvalue weighted by Gasteiger charge is 2.38. The van der Waals surface area contributed by atoms with Crippen LogP contribution in [0.4, 0.5) is 13.2 Å². The van der Waals surface area contributed by atoms with Crippen LogP contribution in [-0.2, 0) is 29.0 Å². The molecule has 5 N–H and O–H groups in total. The van der Waals surface area contributed by atoms with Gasteiger partial charge in [-0.05, 0) is 115 Å². The number of carbonyl (C=O) groups is 3. The van der Waals surface area contributed by atoms with E-state index in [1.165, 1.54) is 18.4 Å². The number of nitrogens with two attached hydrogens (primary N) is 1. The van der Waals surface area contributed by atoms with E-state index in [4.69, 9.17) is 15.6 Å². The van der Waals surface area contributed by atoms with Gasteiger partial charge in [0.05, 0.1) is 0 Å². The molecule has 0 aromatic heterocycles. The van der Waals surface area contributed by atoms with Crippen LogP contribution in [0.1, 0.15) is 65.6 Å². The predicted molar refractivity (Wildman–Crippen MR) is 199 cm³/mol. The molecule has 1 aliphatic rings. The van der Waals surface area contributed by atoms with Crippen LogP contribution in [0.3, 0.4) is 0 Å². The number of alkyl halides is 3. The molecule has 53 heavy (non-hydrogen) atoms. The molecule has 8 nitrogen and oxygen atoms in total. The van der Waals surface area contributed by atoms with Crippen LogP contribution >= 0.6 is 0 Å². The van der Waals surface area contributed by atoms with E-state index in [0.29, 0.717) is 49.9 Å². The zero-order valence-corrected chi connectivity index (χ0v) is 29.7. The van der Waals surface area contributed by atoms with Crippen molar-refractivity contribution in [1.29, 1.82) is 0 Å². The highest BCUT2D eigenvalue weighted by atomic mass is 19.4. The fraction of sp³-hybridized carbons (Fsp3) is 0.357. The van der Waals surface area contributed by atoms with Crippen LogP contribution in [0.25, 0.3) is 11.1 Å². The van der Waals surface area contributed by atoms with E-state index in [2.05, 4.69) is 35.6 Å². The number of phenolic OH excluding ortho intramolecular Hbond substituents is 1. The molecule has 1 fully saturated rings. The molecule has 1 saturated carbocycles. The van der Waals surface area contributed by atoms with Crippen LogP contribution in [0, 0.1) is 11.8 Å². The number of aryl methyl sites for hydroxylation is 1. The Morgan fingerprint density at radius 3 is 2.09 bits per heavy atom. The number of amides is 2. The second-order valence-corrected chi connectivity index (χ2v) is 13.5. The average molecular weight is 732 g/mol. The number of nitrogens with one attached hydrogen (secondary N) is 1. The summed E-state index contributed by atoms with van der Waals surface area (Å²) < 4.78 is 31.7. The Hall–Kier alpha value is -5.16.